The van der Waals surface area contributed by atoms with Gasteiger partial charge in [0.15, 0.2) is 0 Å². The third-order valence-corrected chi connectivity index (χ3v) is 1.25. The van der Waals surface area contributed by atoms with Gasteiger partial charge in [0.05, 0.1) is 25.4 Å². The minimum absolute atomic E-state index is 0.234. The second-order valence-corrected chi connectivity index (χ2v) is 2.51. The Balaban J connectivity index is 3.10. The number of nitrogens with two attached hydrogens (primary N) is 1. The molecule has 0 aromatic rings. The molecule has 0 rings (SSSR count). The van der Waals surface area contributed by atoms with Crippen molar-refractivity contribution in [1.82, 2.24) is 0 Å². The van der Waals surface area contributed by atoms with Gasteiger partial charge in [-0.3, -0.25) is 0 Å². The Hall–Kier alpha value is -0.160. The molecule has 4 heteroatoms. The van der Waals surface area contributed by atoms with Gasteiger partial charge in [-0.15, -0.1) is 0 Å². The van der Waals surface area contributed by atoms with Gasteiger partial charge >= 0.3 is 0 Å². The summed E-state index contributed by atoms with van der Waals surface area (Å²) in [4.78, 5) is 9.42. The second kappa shape index (κ2) is 6.54. The van der Waals surface area contributed by atoms with Crippen molar-refractivity contribution < 1.29 is 14.9 Å². The molecule has 4 nitrogen and oxygen atoms in total. The van der Waals surface area contributed by atoms with Crippen LogP contribution in [-0.4, -0.2) is 30.5 Å². The summed E-state index contributed by atoms with van der Waals surface area (Å²) in [6.45, 7) is 4.40. The Kier molecular flexibility index (Phi) is 6.45. The monoisotopic (exact) mass is 163 g/mol. The average Bonchev–Trinajstić information content (AvgIpc) is 1.97. The van der Waals surface area contributed by atoms with E-state index in [0.717, 1.165) is 6.42 Å². The van der Waals surface area contributed by atoms with Crippen LogP contribution in [0.1, 0.15) is 20.3 Å². The van der Waals surface area contributed by atoms with E-state index in [1.807, 2.05) is 6.92 Å². The number of rotatable bonds is 6. The molecule has 68 valence electrons. The summed E-state index contributed by atoms with van der Waals surface area (Å²) in [6.07, 6.45) is 0.351. The van der Waals surface area contributed by atoms with Crippen LogP contribution in [0.3, 0.4) is 0 Å². The highest BCUT2D eigenvalue weighted by atomic mass is 17.2. The van der Waals surface area contributed by atoms with Crippen LogP contribution in [0.5, 0.6) is 0 Å². The third-order valence-electron chi connectivity index (χ3n) is 1.25. The van der Waals surface area contributed by atoms with Crippen molar-refractivity contribution in [2.75, 3.05) is 13.2 Å². The molecule has 0 aromatic heterocycles. The molecule has 0 aliphatic rings. The van der Waals surface area contributed by atoms with Crippen molar-refractivity contribution in [2.45, 2.75) is 32.4 Å². The predicted octanol–water partition coefficient (Wildman–Crippen LogP) is 0.0527. The van der Waals surface area contributed by atoms with E-state index in [1.165, 1.54) is 0 Å². The Bertz CT molecular complexity index is 87.8. The summed E-state index contributed by atoms with van der Waals surface area (Å²) in [5.74, 6) is 0. The van der Waals surface area contributed by atoms with E-state index in [1.54, 1.807) is 6.92 Å². The first kappa shape index (κ1) is 10.8. The van der Waals surface area contributed by atoms with Gasteiger partial charge in [-0.25, -0.2) is 9.78 Å². The molecule has 0 saturated carbocycles. The van der Waals surface area contributed by atoms with Crippen LogP contribution in [0.15, 0.2) is 0 Å². The standard InChI is InChI=1S/C7H17NO3/c1-3-4-10-11-5-7(8)6(2)9/h6-7,9H,3-5,8H2,1-2H3/t6-,7-/m1/s1. The van der Waals surface area contributed by atoms with Crippen molar-refractivity contribution >= 4 is 0 Å². The van der Waals surface area contributed by atoms with Gasteiger partial charge in [-0.1, -0.05) is 6.92 Å². The van der Waals surface area contributed by atoms with Gasteiger partial charge in [0.2, 0.25) is 0 Å². The number of aliphatic hydroxyl groups excluding tert-OH is 1. The largest absolute Gasteiger partial charge is 0.392 e. The molecular weight excluding hydrogens is 146 g/mol. The zero-order chi connectivity index (χ0) is 8.69. The molecule has 0 aromatic carbocycles. The molecule has 0 unspecified atom stereocenters. The van der Waals surface area contributed by atoms with Crippen LogP contribution in [-0.2, 0) is 9.78 Å². The highest BCUT2D eigenvalue weighted by Crippen LogP contribution is 1.90. The zero-order valence-electron chi connectivity index (χ0n) is 7.12. The summed E-state index contributed by atoms with van der Waals surface area (Å²) in [6, 6.07) is -0.369. The zero-order valence-corrected chi connectivity index (χ0v) is 7.12. The van der Waals surface area contributed by atoms with Gasteiger partial charge in [-0.2, -0.15) is 0 Å². The fraction of sp³-hybridized carbons (Fsp3) is 1.00. The van der Waals surface area contributed by atoms with Gasteiger partial charge in [0.1, 0.15) is 0 Å². The summed E-state index contributed by atoms with van der Waals surface area (Å²) < 4.78 is 0. The van der Waals surface area contributed by atoms with Crippen LogP contribution in [0.25, 0.3) is 0 Å². The highest BCUT2D eigenvalue weighted by molar-refractivity contribution is 4.64. The normalized spacial score (nSPS) is 16.4. The number of hydrogen-bond donors (Lipinski definition) is 2. The smallest absolute Gasteiger partial charge is 0.0998 e. The minimum atomic E-state index is -0.555. The Morgan fingerprint density at radius 2 is 2.09 bits per heavy atom. The summed E-state index contributed by atoms with van der Waals surface area (Å²) in [7, 11) is 0. The Labute approximate surface area is 67.2 Å². The van der Waals surface area contributed by atoms with E-state index in [0.29, 0.717) is 6.61 Å². The maximum absolute atomic E-state index is 8.92. The highest BCUT2D eigenvalue weighted by Gasteiger charge is 2.08. The fourth-order valence-corrected chi connectivity index (χ4v) is 0.408. The van der Waals surface area contributed by atoms with E-state index < -0.39 is 6.10 Å². The van der Waals surface area contributed by atoms with Crippen molar-refractivity contribution in [3.63, 3.8) is 0 Å². The SMILES string of the molecule is CCCOOC[C@@H](N)[C@@H](C)O. The van der Waals surface area contributed by atoms with E-state index in [2.05, 4.69) is 0 Å². The Morgan fingerprint density at radius 3 is 2.55 bits per heavy atom. The van der Waals surface area contributed by atoms with Crippen LogP contribution >= 0.6 is 0 Å². The van der Waals surface area contributed by atoms with Crippen LogP contribution < -0.4 is 5.73 Å². The van der Waals surface area contributed by atoms with Crippen LogP contribution in [0, 0.1) is 0 Å². The molecular formula is C7H17NO3. The fourth-order valence-electron chi connectivity index (χ4n) is 0.408. The summed E-state index contributed by atoms with van der Waals surface area (Å²) >= 11 is 0. The van der Waals surface area contributed by atoms with Gasteiger partial charge in [0, 0.05) is 0 Å². The molecule has 0 aliphatic carbocycles. The molecule has 2 atom stereocenters. The lowest BCUT2D eigenvalue weighted by atomic mass is 10.2. The molecule has 11 heavy (non-hydrogen) atoms. The van der Waals surface area contributed by atoms with Gasteiger partial charge in [0.25, 0.3) is 0 Å². The molecule has 0 radical (unpaired) electrons. The van der Waals surface area contributed by atoms with Gasteiger partial charge < -0.3 is 10.8 Å². The lowest BCUT2D eigenvalue weighted by Gasteiger charge is -2.13. The molecule has 0 amide bonds. The summed E-state index contributed by atoms with van der Waals surface area (Å²) in [5, 5.41) is 8.92. The van der Waals surface area contributed by atoms with Crippen molar-refractivity contribution in [2.24, 2.45) is 5.73 Å². The van der Waals surface area contributed by atoms with Crippen LogP contribution in [0.4, 0.5) is 0 Å². The lowest BCUT2D eigenvalue weighted by Crippen LogP contribution is -2.36. The maximum atomic E-state index is 8.92. The molecule has 0 bridgehead atoms. The van der Waals surface area contributed by atoms with E-state index in [-0.39, 0.29) is 12.6 Å². The third kappa shape index (κ3) is 6.25. The van der Waals surface area contributed by atoms with Crippen molar-refractivity contribution in [3.8, 4) is 0 Å². The van der Waals surface area contributed by atoms with Gasteiger partial charge in [-0.05, 0) is 13.3 Å². The number of aliphatic hydroxyl groups is 1. The molecule has 3 N–H and O–H groups in total. The number of hydrogen-bond acceptors (Lipinski definition) is 4. The second-order valence-electron chi connectivity index (χ2n) is 2.51. The Morgan fingerprint density at radius 1 is 1.45 bits per heavy atom. The topological polar surface area (TPSA) is 64.7 Å². The van der Waals surface area contributed by atoms with E-state index >= 15 is 0 Å². The first-order valence-corrected chi connectivity index (χ1v) is 3.86. The van der Waals surface area contributed by atoms with Crippen molar-refractivity contribution in [3.05, 3.63) is 0 Å². The predicted molar refractivity (Wildman–Crippen MR) is 41.9 cm³/mol. The first-order chi connectivity index (χ1) is 5.18. The minimum Gasteiger partial charge on any atom is -0.392 e. The molecule has 0 aliphatic heterocycles. The lowest BCUT2D eigenvalue weighted by molar-refractivity contribution is -0.298. The van der Waals surface area contributed by atoms with E-state index in [4.69, 9.17) is 20.6 Å². The maximum Gasteiger partial charge on any atom is 0.0998 e. The average molecular weight is 163 g/mol. The summed E-state index contributed by atoms with van der Waals surface area (Å²) in [5.41, 5.74) is 5.44. The van der Waals surface area contributed by atoms with E-state index in [9.17, 15) is 0 Å². The van der Waals surface area contributed by atoms with Crippen LogP contribution in [0.2, 0.25) is 0 Å². The molecule has 0 fully saturated rings. The molecule has 0 saturated heterocycles. The molecule has 0 heterocycles. The molecule has 0 spiro atoms. The first-order valence-electron chi connectivity index (χ1n) is 3.86. The van der Waals surface area contributed by atoms with Crippen molar-refractivity contribution in [1.29, 1.82) is 0 Å². The quantitative estimate of drug-likeness (QED) is 0.330.